The highest BCUT2D eigenvalue weighted by atomic mass is 79.9. The van der Waals surface area contributed by atoms with Gasteiger partial charge in [-0.1, -0.05) is 34.1 Å². The smallest absolute Gasteiger partial charge is 0.163 e. The molecule has 112 valence electrons. The summed E-state index contributed by atoms with van der Waals surface area (Å²) in [6.45, 7) is 2.01. The van der Waals surface area contributed by atoms with Crippen LogP contribution in [0.5, 0.6) is 0 Å². The minimum absolute atomic E-state index is 0.841. The molecule has 0 saturated carbocycles. The molecule has 0 atom stereocenters. The van der Waals surface area contributed by atoms with Crippen LogP contribution in [0.4, 0.5) is 0 Å². The molecule has 3 heterocycles. The number of fused-ring (bicyclic) bond motifs is 1. The molecule has 1 aromatic carbocycles. The number of rotatable bonds is 2. The molecule has 4 aromatic rings. The molecule has 0 aliphatic rings. The van der Waals surface area contributed by atoms with Gasteiger partial charge in [-0.15, -0.1) is 0 Å². The number of pyridine rings is 1. The molecule has 0 bridgehead atoms. The summed E-state index contributed by atoms with van der Waals surface area (Å²) >= 11 is 3.47. The van der Waals surface area contributed by atoms with Gasteiger partial charge in [0.05, 0.1) is 17.1 Å². The van der Waals surface area contributed by atoms with Crippen molar-refractivity contribution in [2.75, 3.05) is 0 Å². The van der Waals surface area contributed by atoms with E-state index in [1.54, 1.807) is 6.20 Å². The molecule has 4 rings (SSSR count). The standard InChI is InChI=1S/C18H13BrN4/c1-12-17(13-5-7-14(19)8-6-13)18-21-11-9-16(23(18)22-12)15-4-2-3-10-20-15/h2-11H,1H3. The second-order valence-corrected chi connectivity index (χ2v) is 6.16. The second-order valence-electron chi connectivity index (χ2n) is 5.25. The molecule has 0 fully saturated rings. The molecule has 0 unspecified atom stereocenters. The van der Waals surface area contributed by atoms with E-state index < -0.39 is 0 Å². The van der Waals surface area contributed by atoms with Crippen molar-refractivity contribution in [3.8, 4) is 22.5 Å². The lowest BCUT2D eigenvalue weighted by molar-refractivity contribution is 0.920. The van der Waals surface area contributed by atoms with Crippen molar-refractivity contribution >= 4 is 21.6 Å². The van der Waals surface area contributed by atoms with Crippen molar-refractivity contribution in [2.45, 2.75) is 6.92 Å². The number of halogens is 1. The van der Waals surface area contributed by atoms with Crippen molar-refractivity contribution < 1.29 is 0 Å². The average Bonchev–Trinajstić information content (AvgIpc) is 2.92. The number of aromatic nitrogens is 4. The van der Waals surface area contributed by atoms with Gasteiger partial charge in [0.15, 0.2) is 5.65 Å². The summed E-state index contributed by atoms with van der Waals surface area (Å²) in [5.41, 5.74) is 5.75. The predicted molar refractivity (Wildman–Crippen MR) is 94.1 cm³/mol. The molecule has 0 saturated heterocycles. The number of nitrogens with zero attached hydrogens (tertiary/aromatic N) is 4. The van der Waals surface area contributed by atoms with Crippen LogP contribution >= 0.6 is 15.9 Å². The van der Waals surface area contributed by atoms with E-state index in [0.29, 0.717) is 0 Å². The fourth-order valence-corrected chi connectivity index (χ4v) is 2.98. The maximum atomic E-state index is 4.69. The fraction of sp³-hybridized carbons (Fsp3) is 0.0556. The Bertz CT molecular complexity index is 975. The van der Waals surface area contributed by atoms with Gasteiger partial charge in [-0.2, -0.15) is 5.10 Å². The Morgan fingerprint density at radius 3 is 2.48 bits per heavy atom. The molecule has 0 amide bonds. The normalized spacial score (nSPS) is 11.0. The molecule has 0 aliphatic heterocycles. The maximum Gasteiger partial charge on any atom is 0.163 e. The van der Waals surface area contributed by atoms with Gasteiger partial charge >= 0.3 is 0 Å². The highest BCUT2D eigenvalue weighted by Gasteiger charge is 2.15. The van der Waals surface area contributed by atoms with Crippen molar-refractivity contribution in [1.29, 1.82) is 0 Å². The first-order chi connectivity index (χ1) is 11.2. The summed E-state index contributed by atoms with van der Waals surface area (Å²) in [5, 5.41) is 4.69. The lowest BCUT2D eigenvalue weighted by Gasteiger charge is -2.04. The van der Waals surface area contributed by atoms with Crippen molar-refractivity contribution in [3.05, 3.63) is 71.1 Å². The number of hydrogen-bond acceptors (Lipinski definition) is 3. The quantitative estimate of drug-likeness (QED) is 0.524. The Hall–Kier alpha value is -2.53. The molecule has 3 aromatic heterocycles. The molecule has 0 spiro atoms. The minimum Gasteiger partial charge on any atom is -0.255 e. The van der Waals surface area contributed by atoms with Crippen LogP contribution < -0.4 is 0 Å². The van der Waals surface area contributed by atoms with Crippen LogP contribution in [0.3, 0.4) is 0 Å². The van der Waals surface area contributed by atoms with Crippen LogP contribution in [0.1, 0.15) is 5.69 Å². The van der Waals surface area contributed by atoms with Crippen LogP contribution in [-0.4, -0.2) is 19.6 Å². The summed E-state index contributed by atoms with van der Waals surface area (Å²) < 4.78 is 2.92. The van der Waals surface area contributed by atoms with Gasteiger partial charge in [-0.25, -0.2) is 9.50 Å². The predicted octanol–water partition coefficient (Wildman–Crippen LogP) is 4.53. The van der Waals surface area contributed by atoms with E-state index in [4.69, 9.17) is 5.10 Å². The molecule has 5 heteroatoms. The Kier molecular flexibility index (Phi) is 3.42. The summed E-state index contributed by atoms with van der Waals surface area (Å²) in [5.74, 6) is 0. The first kappa shape index (κ1) is 14.1. The monoisotopic (exact) mass is 364 g/mol. The summed E-state index contributed by atoms with van der Waals surface area (Å²) in [6.07, 6.45) is 3.59. The third kappa shape index (κ3) is 2.43. The maximum absolute atomic E-state index is 4.69. The van der Waals surface area contributed by atoms with Gasteiger partial charge in [0.1, 0.15) is 0 Å². The number of benzene rings is 1. The van der Waals surface area contributed by atoms with E-state index in [2.05, 4.69) is 38.0 Å². The zero-order valence-electron chi connectivity index (χ0n) is 12.4. The van der Waals surface area contributed by atoms with Gasteiger partial charge in [0, 0.05) is 22.4 Å². The van der Waals surface area contributed by atoms with Gasteiger partial charge in [0.2, 0.25) is 0 Å². The fourth-order valence-electron chi connectivity index (χ4n) is 2.71. The minimum atomic E-state index is 0.841. The molecule has 0 aliphatic carbocycles. The van der Waals surface area contributed by atoms with E-state index in [0.717, 1.165) is 38.3 Å². The van der Waals surface area contributed by atoms with Crippen molar-refractivity contribution in [1.82, 2.24) is 19.6 Å². The molecular weight excluding hydrogens is 352 g/mol. The topological polar surface area (TPSA) is 43.1 Å². The van der Waals surface area contributed by atoms with Crippen molar-refractivity contribution in [3.63, 3.8) is 0 Å². The van der Waals surface area contributed by atoms with Gasteiger partial charge in [-0.3, -0.25) is 4.98 Å². The van der Waals surface area contributed by atoms with Crippen LogP contribution in [0.25, 0.3) is 28.2 Å². The van der Waals surface area contributed by atoms with Crippen LogP contribution in [0.15, 0.2) is 65.4 Å². The Morgan fingerprint density at radius 2 is 1.74 bits per heavy atom. The molecular formula is C18H13BrN4. The lowest BCUT2D eigenvalue weighted by atomic mass is 10.1. The highest BCUT2D eigenvalue weighted by molar-refractivity contribution is 9.10. The zero-order valence-corrected chi connectivity index (χ0v) is 14.0. The van der Waals surface area contributed by atoms with E-state index >= 15 is 0 Å². The molecule has 0 radical (unpaired) electrons. The zero-order chi connectivity index (χ0) is 15.8. The van der Waals surface area contributed by atoms with E-state index in [9.17, 15) is 0 Å². The third-order valence-electron chi connectivity index (χ3n) is 3.75. The molecule has 23 heavy (non-hydrogen) atoms. The highest BCUT2D eigenvalue weighted by Crippen LogP contribution is 2.30. The summed E-state index contributed by atoms with van der Waals surface area (Å²) in [6, 6.07) is 16.0. The van der Waals surface area contributed by atoms with Crippen molar-refractivity contribution in [2.24, 2.45) is 0 Å². The first-order valence-corrected chi connectivity index (χ1v) is 8.05. The van der Waals surface area contributed by atoms with Gasteiger partial charge < -0.3 is 0 Å². The Morgan fingerprint density at radius 1 is 0.913 bits per heavy atom. The second kappa shape index (κ2) is 5.59. The van der Waals surface area contributed by atoms with E-state index in [1.807, 2.05) is 54.0 Å². The summed E-state index contributed by atoms with van der Waals surface area (Å²) in [7, 11) is 0. The SMILES string of the molecule is Cc1nn2c(-c3ccccn3)ccnc2c1-c1ccc(Br)cc1. The van der Waals surface area contributed by atoms with Gasteiger partial charge in [0.25, 0.3) is 0 Å². The first-order valence-electron chi connectivity index (χ1n) is 7.26. The molecule has 0 N–H and O–H groups in total. The summed E-state index contributed by atoms with van der Waals surface area (Å²) in [4.78, 5) is 8.98. The van der Waals surface area contributed by atoms with E-state index in [-0.39, 0.29) is 0 Å². The Balaban J connectivity index is 1.98. The van der Waals surface area contributed by atoms with E-state index in [1.165, 1.54) is 0 Å². The van der Waals surface area contributed by atoms with Gasteiger partial charge in [-0.05, 0) is 42.8 Å². The number of hydrogen-bond donors (Lipinski definition) is 0. The third-order valence-corrected chi connectivity index (χ3v) is 4.28. The van der Waals surface area contributed by atoms with Crippen LogP contribution in [-0.2, 0) is 0 Å². The van der Waals surface area contributed by atoms with Crippen LogP contribution in [0, 0.1) is 6.92 Å². The number of aryl methyl sites for hydroxylation is 1. The largest absolute Gasteiger partial charge is 0.255 e. The average molecular weight is 365 g/mol. The molecule has 4 nitrogen and oxygen atoms in total. The van der Waals surface area contributed by atoms with Crippen LogP contribution in [0.2, 0.25) is 0 Å². The lowest BCUT2D eigenvalue weighted by Crippen LogP contribution is -1.97. The Labute approximate surface area is 142 Å².